The highest BCUT2D eigenvalue weighted by Crippen LogP contribution is 2.33. The molecular formula is C57H68N2O24. The Kier molecular flexibility index (Phi) is 30.3. The van der Waals surface area contributed by atoms with Gasteiger partial charge in [0.2, 0.25) is 11.5 Å². The Hall–Kier alpha value is -10.1. The number of hydrogen-bond donors (Lipinski definition) is 5. The molecule has 4 aromatic carbocycles. The Morgan fingerprint density at radius 3 is 1.24 bits per heavy atom. The number of phenolic OH excluding ortho intramolecular Hbond substituents is 5. The standard InChI is InChI=1S/C15H17NO5.C12H10O5.C10H13NO3.C8H8O3.2C6H10O4/c1-5-20-15(18)13-8-10(17)14-11(19-4)6-9(16(2)3)7-12(14)21-13;1-2-16-12(15)11-6-9(14)8-5-7(13)3-4-10(8)17-11;1-6(12)10-8(13)4-7(11(2)3)5-9(10)14;1-5(9)7-4-6(10)2-3-8(7)11;2*1-3-9-5(7)6(8)10-4-2/h6-8H,5H2,1-4H3;3-6,13H,2H2,1H3;4-5,13-14H,1-3H3;2-4,10-11H,1H3;2*3-4H2,1-2H3. The zero-order valence-electron chi connectivity index (χ0n) is 48.1. The summed E-state index contributed by atoms with van der Waals surface area (Å²) in [5.41, 5.74) is 1.33. The number of carbonyl (C=O) groups excluding carboxylic acids is 8. The van der Waals surface area contributed by atoms with Crippen molar-refractivity contribution in [3.63, 3.8) is 0 Å². The minimum Gasteiger partial charge on any atom is -0.508 e. The molecule has 2 heterocycles. The van der Waals surface area contributed by atoms with Gasteiger partial charge in [-0.05, 0) is 91.8 Å². The third kappa shape index (κ3) is 22.9. The van der Waals surface area contributed by atoms with Crippen LogP contribution in [-0.4, -0.2) is 148 Å². The number of ketones is 2. The summed E-state index contributed by atoms with van der Waals surface area (Å²) in [6.45, 7) is 13.6. The highest BCUT2D eigenvalue weighted by molar-refractivity contribution is 6.30. The molecule has 0 unspecified atom stereocenters. The van der Waals surface area contributed by atoms with Crippen LogP contribution >= 0.6 is 0 Å². The Bertz CT molecular complexity index is 3250. The molecule has 2 aromatic heterocycles. The highest BCUT2D eigenvalue weighted by Gasteiger charge is 2.19. The van der Waals surface area contributed by atoms with Gasteiger partial charge in [-0.2, -0.15) is 0 Å². The maximum Gasteiger partial charge on any atom is 0.417 e. The van der Waals surface area contributed by atoms with Crippen molar-refractivity contribution in [2.45, 2.75) is 55.4 Å². The molecule has 0 aliphatic heterocycles. The van der Waals surface area contributed by atoms with E-state index < -0.39 is 41.2 Å². The van der Waals surface area contributed by atoms with Gasteiger partial charge in [-0.25, -0.2) is 28.8 Å². The number of rotatable bonds is 13. The number of hydrogen-bond acceptors (Lipinski definition) is 26. The molecule has 0 spiro atoms. The van der Waals surface area contributed by atoms with E-state index in [0.29, 0.717) is 16.8 Å². The van der Waals surface area contributed by atoms with Crippen LogP contribution in [0.5, 0.6) is 34.5 Å². The summed E-state index contributed by atoms with van der Waals surface area (Å²) in [6, 6.07) is 16.4. The molecule has 450 valence electrons. The molecular weight excluding hydrogens is 1100 g/mol. The van der Waals surface area contributed by atoms with Gasteiger partial charge >= 0.3 is 35.8 Å². The van der Waals surface area contributed by atoms with Crippen molar-refractivity contribution in [2.24, 2.45) is 0 Å². The number of nitrogens with zero attached hydrogens (tertiary/aromatic N) is 2. The molecule has 0 aliphatic rings. The van der Waals surface area contributed by atoms with E-state index in [0.717, 1.165) is 17.8 Å². The van der Waals surface area contributed by atoms with Gasteiger partial charge in [0.15, 0.2) is 22.4 Å². The average molecular weight is 1170 g/mol. The maximum atomic E-state index is 12.2. The minimum absolute atomic E-state index is 0.0204. The van der Waals surface area contributed by atoms with E-state index in [2.05, 4.69) is 18.9 Å². The van der Waals surface area contributed by atoms with Crippen molar-refractivity contribution >= 4 is 80.7 Å². The van der Waals surface area contributed by atoms with E-state index >= 15 is 0 Å². The topological polar surface area (TPSA) is 369 Å². The van der Waals surface area contributed by atoms with Crippen molar-refractivity contribution in [3.8, 4) is 34.5 Å². The molecule has 5 N–H and O–H groups in total. The van der Waals surface area contributed by atoms with E-state index in [1.165, 1.54) is 69.5 Å². The van der Waals surface area contributed by atoms with Gasteiger partial charge in [-0.3, -0.25) is 19.2 Å². The molecule has 0 saturated heterocycles. The monoisotopic (exact) mass is 1160 g/mol. The lowest BCUT2D eigenvalue weighted by molar-refractivity contribution is -0.167. The molecule has 0 atom stereocenters. The third-order valence-electron chi connectivity index (χ3n) is 9.92. The fraction of sp³-hybridized carbons (Fsp3) is 0.333. The summed E-state index contributed by atoms with van der Waals surface area (Å²) < 4.78 is 42.9. The molecule has 83 heavy (non-hydrogen) atoms. The summed E-state index contributed by atoms with van der Waals surface area (Å²) in [6.07, 6.45) is 0. The van der Waals surface area contributed by atoms with Crippen LogP contribution in [0.15, 0.2) is 91.2 Å². The Morgan fingerprint density at radius 2 is 0.855 bits per heavy atom. The number of methoxy groups -OCH3 is 1. The first-order valence-electron chi connectivity index (χ1n) is 25.0. The van der Waals surface area contributed by atoms with Crippen LogP contribution in [0, 0.1) is 0 Å². The molecule has 0 amide bonds. The second-order valence-corrected chi connectivity index (χ2v) is 16.4. The largest absolute Gasteiger partial charge is 0.508 e. The second kappa shape index (κ2) is 35.5. The summed E-state index contributed by atoms with van der Waals surface area (Å²) >= 11 is 0. The number of phenols is 5. The minimum atomic E-state index is -0.927. The average Bonchev–Trinajstić information content (AvgIpc) is 3.62. The molecule has 0 saturated carbocycles. The Labute approximate surface area is 475 Å². The summed E-state index contributed by atoms with van der Waals surface area (Å²) in [5.74, 6) is -6.07. The Balaban J connectivity index is 0.000000510. The lowest BCUT2D eigenvalue weighted by Gasteiger charge is -2.15. The van der Waals surface area contributed by atoms with Crippen LogP contribution in [0.2, 0.25) is 0 Å². The summed E-state index contributed by atoms with van der Waals surface area (Å²) in [4.78, 5) is 114. The number of benzene rings is 4. The molecule has 0 radical (unpaired) electrons. The first-order chi connectivity index (χ1) is 39.1. The quantitative estimate of drug-likeness (QED) is 0.0267. The first kappa shape index (κ1) is 70.9. The molecule has 6 rings (SSSR count). The predicted octanol–water partition coefficient (Wildman–Crippen LogP) is 6.61. The van der Waals surface area contributed by atoms with Crippen LogP contribution < -0.4 is 25.4 Å². The number of carbonyl (C=O) groups is 8. The molecule has 6 aromatic rings. The zero-order chi connectivity index (χ0) is 63.3. The smallest absolute Gasteiger partial charge is 0.417 e. The van der Waals surface area contributed by atoms with Crippen LogP contribution in [0.4, 0.5) is 11.4 Å². The van der Waals surface area contributed by atoms with Crippen LogP contribution in [0.1, 0.15) is 97.2 Å². The van der Waals surface area contributed by atoms with Gasteiger partial charge in [0.25, 0.3) is 0 Å². The van der Waals surface area contributed by atoms with Gasteiger partial charge in [0, 0.05) is 76.0 Å². The van der Waals surface area contributed by atoms with Crippen LogP contribution in [0.3, 0.4) is 0 Å². The zero-order valence-corrected chi connectivity index (χ0v) is 48.1. The van der Waals surface area contributed by atoms with Crippen molar-refractivity contribution in [3.05, 3.63) is 116 Å². The fourth-order valence-corrected chi connectivity index (χ4v) is 6.19. The molecule has 0 fully saturated rings. The number of anilines is 2. The van der Waals surface area contributed by atoms with Crippen LogP contribution in [-0.2, 0) is 47.6 Å². The fourth-order valence-electron chi connectivity index (χ4n) is 6.19. The van der Waals surface area contributed by atoms with Gasteiger partial charge in [-0.1, -0.05) is 0 Å². The number of ether oxygens (including phenoxy) is 7. The molecule has 0 bridgehead atoms. The lowest BCUT2D eigenvalue weighted by atomic mass is 10.1. The van der Waals surface area contributed by atoms with E-state index in [9.17, 15) is 63.3 Å². The van der Waals surface area contributed by atoms with Crippen molar-refractivity contribution < 1.29 is 106 Å². The SMILES string of the molecule is CC(=O)c1c(O)cc(N(C)C)cc1O.CC(=O)c1cc(O)ccc1O.CCOC(=O)C(=O)OCC.CCOC(=O)C(=O)OCC.CCOC(=O)c1cc(=O)c2c(OC)cc(N(C)C)cc2o1.CCOC(=O)c1cc(=O)c2cc(O)ccc2o1. The number of aromatic hydroxyl groups is 5. The number of esters is 6. The first-order valence-corrected chi connectivity index (χ1v) is 25.0. The molecule has 26 nitrogen and oxygen atoms in total. The van der Waals surface area contributed by atoms with E-state index in [1.54, 1.807) is 72.7 Å². The summed E-state index contributed by atoms with van der Waals surface area (Å²) in [5, 5.41) is 46.7. The Morgan fingerprint density at radius 1 is 0.458 bits per heavy atom. The second-order valence-electron chi connectivity index (χ2n) is 16.4. The van der Waals surface area contributed by atoms with E-state index in [4.69, 9.17) is 33.3 Å². The normalized spacial score (nSPS) is 9.80. The summed E-state index contributed by atoms with van der Waals surface area (Å²) in [7, 11) is 8.75. The highest BCUT2D eigenvalue weighted by atomic mass is 16.6. The van der Waals surface area contributed by atoms with Crippen molar-refractivity contribution in [1.82, 2.24) is 0 Å². The number of Topliss-reactive ketones (excluding diaryl/α,β-unsaturated/α-hetero) is 2. The van der Waals surface area contributed by atoms with E-state index in [-0.39, 0.29) is 125 Å². The lowest BCUT2D eigenvalue weighted by Crippen LogP contribution is -2.19. The molecule has 26 heteroatoms. The van der Waals surface area contributed by atoms with Crippen molar-refractivity contribution in [1.29, 1.82) is 0 Å². The van der Waals surface area contributed by atoms with Gasteiger partial charge in [-0.15, -0.1) is 0 Å². The van der Waals surface area contributed by atoms with Gasteiger partial charge in [0.1, 0.15) is 56.6 Å². The van der Waals surface area contributed by atoms with Gasteiger partial charge < -0.3 is 77.3 Å². The molecule has 0 aliphatic carbocycles. The number of fused-ring (bicyclic) bond motifs is 2. The van der Waals surface area contributed by atoms with Crippen LogP contribution in [0.25, 0.3) is 21.9 Å². The predicted molar refractivity (Wildman–Crippen MR) is 300 cm³/mol. The van der Waals surface area contributed by atoms with E-state index in [1.807, 2.05) is 19.0 Å². The maximum absolute atomic E-state index is 12.2. The van der Waals surface area contributed by atoms with Gasteiger partial charge in [0.05, 0.1) is 57.7 Å². The third-order valence-corrected chi connectivity index (χ3v) is 9.92. The van der Waals surface area contributed by atoms with Crippen molar-refractivity contribution in [2.75, 3.05) is 84.7 Å².